The van der Waals surface area contributed by atoms with E-state index < -0.39 is 11.7 Å². The van der Waals surface area contributed by atoms with Gasteiger partial charge < -0.3 is 5.11 Å². The summed E-state index contributed by atoms with van der Waals surface area (Å²) in [5.74, 6) is 0. The van der Waals surface area contributed by atoms with Crippen molar-refractivity contribution in [3.8, 4) is 0 Å². The first-order valence-corrected chi connectivity index (χ1v) is 4.65. The van der Waals surface area contributed by atoms with Crippen molar-refractivity contribution >= 4 is 0 Å². The summed E-state index contributed by atoms with van der Waals surface area (Å²) in [5, 5.41) is 8.78. The SMILES string of the molecule is CCCc1cc(CO)ncc1C(F)(F)F. The normalized spacial score (nSPS) is 11.8. The number of rotatable bonds is 3. The maximum absolute atomic E-state index is 12.5. The van der Waals surface area contributed by atoms with E-state index in [2.05, 4.69) is 4.98 Å². The number of aryl methyl sites for hydroxylation is 1. The minimum atomic E-state index is -4.37. The third kappa shape index (κ3) is 2.92. The number of aliphatic hydroxyl groups is 1. The van der Waals surface area contributed by atoms with Crippen LogP contribution in [0.4, 0.5) is 13.2 Å². The third-order valence-corrected chi connectivity index (χ3v) is 2.03. The summed E-state index contributed by atoms with van der Waals surface area (Å²) < 4.78 is 37.5. The molecule has 0 fully saturated rings. The summed E-state index contributed by atoms with van der Waals surface area (Å²) in [4.78, 5) is 3.54. The molecule has 2 nitrogen and oxygen atoms in total. The Morgan fingerprint density at radius 1 is 1.40 bits per heavy atom. The Balaban J connectivity index is 3.15. The maximum Gasteiger partial charge on any atom is 0.418 e. The van der Waals surface area contributed by atoms with Crippen LogP contribution in [0.2, 0.25) is 0 Å². The first-order valence-electron chi connectivity index (χ1n) is 4.65. The second kappa shape index (κ2) is 4.61. The van der Waals surface area contributed by atoms with E-state index in [0.29, 0.717) is 12.8 Å². The Bertz CT molecular complexity index is 336. The lowest BCUT2D eigenvalue weighted by Gasteiger charge is -2.12. The summed E-state index contributed by atoms with van der Waals surface area (Å²) in [5.41, 5.74) is -0.239. The highest BCUT2D eigenvalue weighted by molar-refractivity contribution is 5.29. The molecule has 5 heteroatoms. The molecule has 84 valence electrons. The monoisotopic (exact) mass is 219 g/mol. The third-order valence-electron chi connectivity index (χ3n) is 2.03. The van der Waals surface area contributed by atoms with E-state index in [1.54, 1.807) is 6.92 Å². The molecule has 0 radical (unpaired) electrons. The van der Waals surface area contributed by atoms with Gasteiger partial charge in [-0.2, -0.15) is 13.2 Å². The predicted molar refractivity (Wildman–Crippen MR) is 49.2 cm³/mol. The number of hydrogen-bond donors (Lipinski definition) is 1. The average Bonchev–Trinajstić information content (AvgIpc) is 2.16. The number of aromatic nitrogens is 1. The highest BCUT2D eigenvalue weighted by atomic mass is 19.4. The summed E-state index contributed by atoms with van der Waals surface area (Å²) in [6.07, 6.45) is -2.62. The number of hydrogen-bond acceptors (Lipinski definition) is 2. The van der Waals surface area contributed by atoms with Crippen molar-refractivity contribution in [1.82, 2.24) is 4.98 Å². The van der Waals surface area contributed by atoms with Gasteiger partial charge in [0.2, 0.25) is 0 Å². The van der Waals surface area contributed by atoms with Gasteiger partial charge in [0, 0.05) is 6.20 Å². The standard InChI is InChI=1S/C10H12F3NO/c1-2-3-7-4-8(6-15)14-5-9(7)10(11,12)13/h4-5,15H,2-3,6H2,1H3. The molecule has 1 aromatic rings. The number of pyridine rings is 1. The van der Waals surface area contributed by atoms with Crippen molar-refractivity contribution < 1.29 is 18.3 Å². The van der Waals surface area contributed by atoms with Crippen LogP contribution in [-0.4, -0.2) is 10.1 Å². The topological polar surface area (TPSA) is 33.1 Å². The summed E-state index contributed by atoms with van der Waals surface area (Å²) in [7, 11) is 0. The molecule has 0 amide bonds. The van der Waals surface area contributed by atoms with Crippen molar-refractivity contribution in [1.29, 1.82) is 0 Å². The molecule has 0 saturated carbocycles. The molecular weight excluding hydrogens is 207 g/mol. The minimum Gasteiger partial charge on any atom is -0.390 e. The predicted octanol–water partition coefficient (Wildman–Crippen LogP) is 2.55. The van der Waals surface area contributed by atoms with Crippen LogP contribution in [0.3, 0.4) is 0 Å². The molecular formula is C10H12F3NO. The molecule has 0 aromatic carbocycles. The molecule has 1 rings (SSSR count). The maximum atomic E-state index is 12.5. The van der Waals surface area contributed by atoms with Gasteiger partial charge in [-0.3, -0.25) is 4.98 Å². The van der Waals surface area contributed by atoms with E-state index in [0.717, 1.165) is 6.20 Å². The Hall–Kier alpha value is -1.10. The van der Waals surface area contributed by atoms with E-state index >= 15 is 0 Å². The number of aliphatic hydroxyl groups excluding tert-OH is 1. The van der Waals surface area contributed by atoms with Crippen LogP contribution < -0.4 is 0 Å². The zero-order valence-electron chi connectivity index (χ0n) is 8.30. The van der Waals surface area contributed by atoms with Gasteiger partial charge in [0.15, 0.2) is 0 Å². The lowest BCUT2D eigenvalue weighted by atomic mass is 10.0. The van der Waals surface area contributed by atoms with Crippen LogP contribution in [0.5, 0.6) is 0 Å². The fourth-order valence-corrected chi connectivity index (χ4v) is 1.36. The van der Waals surface area contributed by atoms with Crippen molar-refractivity contribution in [3.05, 3.63) is 29.1 Å². The van der Waals surface area contributed by atoms with Gasteiger partial charge in [0.05, 0.1) is 17.9 Å². The molecule has 0 saturated heterocycles. The molecule has 0 aliphatic carbocycles. The molecule has 1 aromatic heterocycles. The second-order valence-corrected chi connectivity index (χ2v) is 3.24. The first kappa shape index (κ1) is 12.0. The van der Waals surface area contributed by atoms with Crippen LogP contribution in [-0.2, 0) is 19.2 Å². The minimum absolute atomic E-state index is 0.198. The number of nitrogens with zero attached hydrogens (tertiary/aromatic N) is 1. The molecule has 0 spiro atoms. The first-order chi connectivity index (χ1) is 6.99. The summed E-state index contributed by atoms with van der Waals surface area (Å²) in [6, 6.07) is 1.31. The zero-order valence-corrected chi connectivity index (χ0v) is 8.30. The highest BCUT2D eigenvalue weighted by Crippen LogP contribution is 2.32. The molecule has 0 aliphatic rings. The number of halogens is 3. The molecule has 0 atom stereocenters. The van der Waals surface area contributed by atoms with E-state index in [1.807, 2.05) is 0 Å². The Kier molecular flexibility index (Phi) is 3.68. The summed E-state index contributed by atoms with van der Waals surface area (Å²) >= 11 is 0. The van der Waals surface area contributed by atoms with Gasteiger partial charge in [0.1, 0.15) is 0 Å². The van der Waals surface area contributed by atoms with Gasteiger partial charge in [-0.25, -0.2) is 0 Å². The molecule has 1 N–H and O–H groups in total. The van der Waals surface area contributed by atoms with E-state index in [-0.39, 0.29) is 17.9 Å². The lowest BCUT2D eigenvalue weighted by molar-refractivity contribution is -0.138. The number of alkyl halides is 3. The van der Waals surface area contributed by atoms with Crippen LogP contribution >= 0.6 is 0 Å². The Morgan fingerprint density at radius 2 is 2.07 bits per heavy atom. The highest BCUT2D eigenvalue weighted by Gasteiger charge is 2.33. The van der Waals surface area contributed by atoms with E-state index in [9.17, 15) is 13.2 Å². The average molecular weight is 219 g/mol. The lowest BCUT2D eigenvalue weighted by Crippen LogP contribution is -2.11. The quantitative estimate of drug-likeness (QED) is 0.847. The van der Waals surface area contributed by atoms with E-state index in [4.69, 9.17) is 5.11 Å². The Morgan fingerprint density at radius 3 is 2.53 bits per heavy atom. The van der Waals surface area contributed by atoms with Crippen LogP contribution in [0.1, 0.15) is 30.2 Å². The molecule has 1 heterocycles. The zero-order chi connectivity index (χ0) is 11.5. The second-order valence-electron chi connectivity index (χ2n) is 3.24. The van der Waals surface area contributed by atoms with Crippen LogP contribution in [0.15, 0.2) is 12.3 Å². The molecule has 0 aliphatic heterocycles. The molecule has 15 heavy (non-hydrogen) atoms. The molecule has 0 unspecified atom stereocenters. The van der Waals surface area contributed by atoms with Gasteiger partial charge in [-0.15, -0.1) is 0 Å². The van der Waals surface area contributed by atoms with Gasteiger partial charge in [0.25, 0.3) is 0 Å². The van der Waals surface area contributed by atoms with Crippen LogP contribution in [0.25, 0.3) is 0 Å². The fourth-order valence-electron chi connectivity index (χ4n) is 1.36. The van der Waals surface area contributed by atoms with Gasteiger partial charge >= 0.3 is 6.18 Å². The Labute approximate surface area is 85.8 Å². The van der Waals surface area contributed by atoms with Gasteiger partial charge in [-0.1, -0.05) is 13.3 Å². The van der Waals surface area contributed by atoms with Crippen molar-refractivity contribution in [3.63, 3.8) is 0 Å². The van der Waals surface area contributed by atoms with Gasteiger partial charge in [-0.05, 0) is 18.1 Å². The smallest absolute Gasteiger partial charge is 0.390 e. The van der Waals surface area contributed by atoms with Crippen molar-refractivity contribution in [2.24, 2.45) is 0 Å². The van der Waals surface area contributed by atoms with Crippen LogP contribution in [0, 0.1) is 0 Å². The van der Waals surface area contributed by atoms with Crippen molar-refractivity contribution in [2.45, 2.75) is 32.5 Å². The molecule has 0 bridgehead atoms. The van der Waals surface area contributed by atoms with Crippen molar-refractivity contribution in [2.75, 3.05) is 0 Å². The largest absolute Gasteiger partial charge is 0.418 e. The van der Waals surface area contributed by atoms with E-state index in [1.165, 1.54) is 6.07 Å². The summed E-state index contributed by atoms with van der Waals surface area (Å²) in [6.45, 7) is 1.47. The fraction of sp³-hybridized carbons (Fsp3) is 0.500.